The lowest BCUT2D eigenvalue weighted by molar-refractivity contribution is -0.131. The van der Waals surface area contributed by atoms with Gasteiger partial charge < -0.3 is 9.32 Å². The van der Waals surface area contributed by atoms with Crippen molar-refractivity contribution in [2.24, 2.45) is 0 Å². The molecule has 0 aromatic carbocycles. The highest BCUT2D eigenvalue weighted by Gasteiger charge is 2.25. The molecule has 1 saturated heterocycles. The molecule has 0 bridgehead atoms. The number of nitrogens with zero attached hydrogens (tertiary/aromatic N) is 5. The number of hydrogen-bond donors (Lipinski definition) is 1. The predicted molar refractivity (Wildman–Crippen MR) is 100 cm³/mol. The van der Waals surface area contributed by atoms with Crippen LogP contribution < -0.4 is 0 Å². The van der Waals surface area contributed by atoms with E-state index < -0.39 is 0 Å². The number of likely N-dealkylation sites (tertiary alicyclic amines) is 1. The van der Waals surface area contributed by atoms with Crippen LogP contribution in [0.3, 0.4) is 0 Å². The van der Waals surface area contributed by atoms with Gasteiger partial charge in [0.2, 0.25) is 11.8 Å². The zero-order valence-corrected chi connectivity index (χ0v) is 15.6. The second-order valence-electron chi connectivity index (χ2n) is 6.40. The third-order valence-electron chi connectivity index (χ3n) is 4.61. The summed E-state index contributed by atoms with van der Waals surface area (Å²) in [4.78, 5) is 18.5. The van der Waals surface area contributed by atoms with Crippen molar-refractivity contribution in [3.63, 3.8) is 0 Å². The molecule has 0 aliphatic carbocycles. The molecular weight excluding hydrogens is 364 g/mol. The van der Waals surface area contributed by atoms with E-state index in [0.29, 0.717) is 29.2 Å². The number of aromatic amines is 1. The van der Waals surface area contributed by atoms with Crippen molar-refractivity contribution in [1.82, 2.24) is 30.3 Å². The maximum Gasteiger partial charge on any atom is 0.276 e. The van der Waals surface area contributed by atoms with Crippen LogP contribution in [0.15, 0.2) is 46.4 Å². The van der Waals surface area contributed by atoms with Gasteiger partial charge in [0.1, 0.15) is 0 Å². The third-order valence-corrected chi connectivity index (χ3v) is 5.43. The molecule has 1 amide bonds. The normalized spacial score (nSPS) is 17.2. The Morgan fingerprint density at radius 2 is 2.15 bits per heavy atom. The smallest absolute Gasteiger partial charge is 0.276 e. The summed E-state index contributed by atoms with van der Waals surface area (Å²) in [5.41, 5.74) is 1.94. The quantitative estimate of drug-likeness (QED) is 0.652. The molecule has 3 aromatic rings. The Balaban J connectivity index is 1.27. The molecule has 1 aliphatic heterocycles. The number of pyridine rings is 1. The SMILES string of the molecule is O=C(CCSc1nnc(-c2ccncc2)o1)N1CCCC(c2ccn[nH]2)C1. The molecule has 3 aromatic heterocycles. The number of aromatic nitrogens is 5. The minimum atomic E-state index is 0.167. The van der Waals surface area contributed by atoms with E-state index >= 15 is 0 Å². The van der Waals surface area contributed by atoms with Gasteiger partial charge in [0.05, 0.1) is 0 Å². The lowest BCUT2D eigenvalue weighted by atomic mass is 9.95. The lowest BCUT2D eigenvalue weighted by Crippen LogP contribution is -2.39. The van der Waals surface area contributed by atoms with Gasteiger partial charge in [-0.2, -0.15) is 5.10 Å². The van der Waals surface area contributed by atoms with Gasteiger partial charge in [0.25, 0.3) is 5.22 Å². The topological polar surface area (TPSA) is 101 Å². The fourth-order valence-corrected chi connectivity index (χ4v) is 3.90. The van der Waals surface area contributed by atoms with E-state index in [9.17, 15) is 4.79 Å². The number of nitrogens with one attached hydrogen (secondary N) is 1. The van der Waals surface area contributed by atoms with E-state index in [2.05, 4.69) is 25.4 Å². The van der Waals surface area contributed by atoms with Crippen LogP contribution in [0.5, 0.6) is 0 Å². The van der Waals surface area contributed by atoms with E-state index in [1.54, 1.807) is 18.6 Å². The summed E-state index contributed by atoms with van der Waals surface area (Å²) >= 11 is 1.41. The summed E-state index contributed by atoms with van der Waals surface area (Å²) < 4.78 is 5.64. The maximum atomic E-state index is 12.5. The van der Waals surface area contributed by atoms with Gasteiger partial charge >= 0.3 is 0 Å². The molecule has 1 fully saturated rings. The number of amides is 1. The van der Waals surface area contributed by atoms with E-state index in [-0.39, 0.29) is 5.91 Å². The van der Waals surface area contributed by atoms with Gasteiger partial charge in [-0.15, -0.1) is 10.2 Å². The first-order valence-corrected chi connectivity index (χ1v) is 9.92. The first kappa shape index (κ1) is 17.7. The maximum absolute atomic E-state index is 12.5. The Morgan fingerprint density at radius 1 is 1.26 bits per heavy atom. The number of rotatable bonds is 6. The second kappa shape index (κ2) is 8.34. The van der Waals surface area contributed by atoms with Gasteiger partial charge in [0.15, 0.2) is 0 Å². The zero-order valence-electron chi connectivity index (χ0n) is 14.7. The fourth-order valence-electron chi connectivity index (χ4n) is 3.21. The molecule has 1 aliphatic rings. The molecule has 0 saturated carbocycles. The fraction of sp³-hybridized carbons (Fsp3) is 0.389. The van der Waals surface area contributed by atoms with Crippen molar-refractivity contribution in [2.45, 2.75) is 30.4 Å². The van der Waals surface area contributed by atoms with Crippen LogP contribution in [0, 0.1) is 0 Å². The van der Waals surface area contributed by atoms with Gasteiger partial charge in [0, 0.05) is 61.0 Å². The Hall–Kier alpha value is -2.68. The Bertz CT molecular complexity index is 867. The Morgan fingerprint density at radius 3 is 2.96 bits per heavy atom. The van der Waals surface area contributed by atoms with Crippen LogP contribution in [0.25, 0.3) is 11.5 Å². The molecule has 0 radical (unpaired) electrons. The number of hydrogen-bond acceptors (Lipinski definition) is 7. The number of carbonyl (C=O) groups excluding carboxylic acids is 1. The molecule has 1 N–H and O–H groups in total. The van der Waals surface area contributed by atoms with Gasteiger partial charge in [-0.3, -0.25) is 14.9 Å². The third kappa shape index (κ3) is 4.36. The van der Waals surface area contributed by atoms with Crippen LogP contribution in [0.2, 0.25) is 0 Å². The highest BCUT2D eigenvalue weighted by Crippen LogP contribution is 2.27. The molecule has 9 heteroatoms. The van der Waals surface area contributed by atoms with Gasteiger partial charge in [-0.05, 0) is 31.0 Å². The molecule has 27 heavy (non-hydrogen) atoms. The van der Waals surface area contributed by atoms with Crippen LogP contribution in [-0.2, 0) is 4.79 Å². The van der Waals surface area contributed by atoms with Crippen molar-refractivity contribution in [3.05, 3.63) is 42.5 Å². The molecule has 4 heterocycles. The summed E-state index contributed by atoms with van der Waals surface area (Å²) in [6, 6.07) is 5.63. The number of thioether (sulfide) groups is 1. The van der Waals surface area contributed by atoms with Crippen molar-refractivity contribution in [3.8, 4) is 11.5 Å². The molecule has 8 nitrogen and oxygen atoms in total. The highest BCUT2D eigenvalue weighted by atomic mass is 32.2. The van der Waals surface area contributed by atoms with Crippen LogP contribution >= 0.6 is 11.8 Å². The Labute approximate surface area is 160 Å². The lowest BCUT2D eigenvalue weighted by Gasteiger charge is -2.32. The number of carbonyl (C=O) groups is 1. The highest BCUT2D eigenvalue weighted by molar-refractivity contribution is 7.99. The van der Waals surface area contributed by atoms with Crippen LogP contribution in [-0.4, -0.2) is 55.0 Å². The summed E-state index contributed by atoms with van der Waals surface area (Å²) in [5.74, 6) is 1.59. The minimum absolute atomic E-state index is 0.167. The van der Waals surface area contributed by atoms with Crippen molar-refractivity contribution >= 4 is 17.7 Å². The van der Waals surface area contributed by atoms with Gasteiger partial charge in [-0.25, -0.2) is 0 Å². The predicted octanol–water partition coefficient (Wildman–Crippen LogP) is 2.74. The van der Waals surface area contributed by atoms with E-state index in [1.165, 1.54) is 11.8 Å². The van der Waals surface area contributed by atoms with Crippen LogP contribution in [0.1, 0.15) is 30.9 Å². The summed E-state index contributed by atoms with van der Waals surface area (Å²) in [6.45, 7) is 1.57. The summed E-state index contributed by atoms with van der Waals surface area (Å²) in [5, 5.41) is 15.6. The van der Waals surface area contributed by atoms with E-state index in [0.717, 1.165) is 37.2 Å². The molecule has 140 valence electrons. The van der Waals surface area contributed by atoms with Gasteiger partial charge in [-0.1, -0.05) is 11.8 Å². The Kier molecular flexibility index (Phi) is 5.47. The zero-order chi connectivity index (χ0) is 18.5. The van der Waals surface area contributed by atoms with E-state index in [4.69, 9.17) is 4.42 Å². The largest absolute Gasteiger partial charge is 0.411 e. The summed E-state index contributed by atoms with van der Waals surface area (Å²) in [7, 11) is 0. The van der Waals surface area contributed by atoms with E-state index in [1.807, 2.05) is 23.1 Å². The molecule has 4 rings (SSSR count). The average Bonchev–Trinajstić information content (AvgIpc) is 3.41. The van der Waals surface area contributed by atoms with Crippen molar-refractivity contribution in [1.29, 1.82) is 0 Å². The van der Waals surface area contributed by atoms with Crippen molar-refractivity contribution in [2.75, 3.05) is 18.8 Å². The monoisotopic (exact) mass is 384 g/mol. The van der Waals surface area contributed by atoms with Crippen LogP contribution in [0.4, 0.5) is 0 Å². The van der Waals surface area contributed by atoms with Crippen molar-refractivity contribution < 1.29 is 9.21 Å². The number of piperidine rings is 1. The number of H-pyrrole nitrogens is 1. The average molecular weight is 384 g/mol. The minimum Gasteiger partial charge on any atom is -0.411 e. The second-order valence-corrected chi connectivity index (χ2v) is 7.44. The molecular formula is C18H20N6O2S. The standard InChI is InChI=1S/C18H20N6O2S/c25-16(24-10-1-2-14(12-24)15-5-9-20-21-15)6-11-27-18-23-22-17(26-18)13-3-7-19-8-4-13/h3-5,7-9,14H,1-2,6,10-12H2,(H,20,21). The molecule has 1 atom stereocenters. The first-order valence-electron chi connectivity index (χ1n) is 8.93. The summed E-state index contributed by atoms with van der Waals surface area (Å²) in [6.07, 6.45) is 7.67. The first-order chi connectivity index (χ1) is 13.3. The molecule has 0 spiro atoms. The molecule has 1 unspecified atom stereocenters.